The van der Waals surface area contributed by atoms with E-state index in [9.17, 15) is 9.90 Å². The summed E-state index contributed by atoms with van der Waals surface area (Å²) in [5.41, 5.74) is 6.35. The van der Waals surface area contributed by atoms with Gasteiger partial charge in [-0.3, -0.25) is 0 Å². The molecule has 7 heteroatoms. The molecule has 1 aromatic carbocycles. The Bertz CT molecular complexity index is 673. The molecule has 0 unspecified atom stereocenters. The van der Waals surface area contributed by atoms with E-state index in [1.165, 1.54) is 26.5 Å². The highest BCUT2D eigenvalue weighted by Crippen LogP contribution is 2.32. The highest BCUT2D eigenvalue weighted by Gasteiger charge is 2.14. The number of pyridine rings is 1. The van der Waals surface area contributed by atoms with Crippen LogP contribution in [0, 0.1) is 0 Å². The number of anilines is 3. The number of ether oxygens (including phenoxy) is 2. The van der Waals surface area contributed by atoms with Crippen molar-refractivity contribution in [3.05, 3.63) is 36.0 Å². The van der Waals surface area contributed by atoms with Gasteiger partial charge in [-0.25, -0.2) is 9.78 Å². The number of benzene rings is 1. The van der Waals surface area contributed by atoms with Crippen molar-refractivity contribution in [1.29, 1.82) is 0 Å². The Kier molecular flexibility index (Phi) is 4.13. The molecule has 4 N–H and O–H groups in total. The van der Waals surface area contributed by atoms with Crippen molar-refractivity contribution in [3.63, 3.8) is 0 Å². The van der Waals surface area contributed by atoms with Gasteiger partial charge in [0.2, 0.25) is 0 Å². The van der Waals surface area contributed by atoms with E-state index in [4.69, 9.17) is 15.2 Å². The minimum atomic E-state index is -1.13. The van der Waals surface area contributed by atoms with Crippen molar-refractivity contribution in [3.8, 4) is 11.5 Å². The Balaban J connectivity index is 2.44. The highest BCUT2D eigenvalue weighted by atomic mass is 16.5. The van der Waals surface area contributed by atoms with Crippen LogP contribution in [0.1, 0.15) is 10.4 Å². The molecule has 0 atom stereocenters. The number of aromatic carboxylic acids is 1. The molecule has 0 bridgehead atoms. The lowest BCUT2D eigenvalue weighted by atomic mass is 10.2. The normalized spacial score (nSPS) is 10.0. The van der Waals surface area contributed by atoms with E-state index in [1.54, 1.807) is 18.2 Å². The summed E-state index contributed by atoms with van der Waals surface area (Å²) < 4.78 is 10.4. The second-order valence-corrected chi connectivity index (χ2v) is 4.16. The van der Waals surface area contributed by atoms with Crippen molar-refractivity contribution in [1.82, 2.24) is 4.98 Å². The van der Waals surface area contributed by atoms with Crippen LogP contribution < -0.4 is 20.5 Å². The smallest absolute Gasteiger partial charge is 0.339 e. The monoisotopic (exact) mass is 289 g/mol. The first-order valence-electron chi connectivity index (χ1n) is 6.03. The van der Waals surface area contributed by atoms with Gasteiger partial charge in [-0.2, -0.15) is 0 Å². The summed E-state index contributed by atoms with van der Waals surface area (Å²) in [7, 11) is 3.05. The molecule has 0 fully saturated rings. The minimum absolute atomic E-state index is 0.0279. The van der Waals surface area contributed by atoms with Crippen molar-refractivity contribution in [2.75, 3.05) is 25.3 Å². The number of hydrogen-bond acceptors (Lipinski definition) is 6. The molecule has 0 radical (unpaired) electrons. The molecule has 0 spiro atoms. The Hall–Kier alpha value is -2.96. The number of methoxy groups -OCH3 is 2. The van der Waals surface area contributed by atoms with E-state index >= 15 is 0 Å². The number of carboxylic acids is 1. The summed E-state index contributed by atoms with van der Waals surface area (Å²) in [6.45, 7) is 0. The number of carboxylic acid groups (broad SMARTS) is 1. The Morgan fingerprint density at radius 2 is 2.05 bits per heavy atom. The van der Waals surface area contributed by atoms with Gasteiger partial charge in [0.05, 0.1) is 31.8 Å². The van der Waals surface area contributed by atoms with Gasteiger partial charge in [0.15, 0.2) is 0 Å². The number of nitrogens with two attached hydrogens (primary N) is 1. The molecular weight excluding hydrogens is 274 g/mol. The van der Waals surface area contributed by atoms with Gasteiger partial charge in [0, 0.05) is 6.07 Å². The number of nitrogens with zero attached hydrogens (tertiary/aromatic N) is 1. The number of hydrogen-bond donors (Lipinski definition) is 3. The fourth-order valence-corrected chi connectivity index (χ4v) is 1.78. The first-order valence-corrected chi connectivity index (χ1v) is 6.03. The average Bonchev–Trinajstić information content (AvgIpc) is 2.48. The van der Waals surface area contributed by atoms with Gasteiger partial charge in [-0.05, 0) is 18.2 Å². The van der Waals surface area contributed by atoms with Gasteiger partial charge in [0.25, 0.3) is 0 Å². The molecule has 1 heterocycles. The average molecular weight is 289 g/mol. The molecule has 0 aliphatic heterocycles. The van der Waals surface area contributed by atoms with Crippen LogP contribution in [0.25, 0.3) is 0 Å². The summed E-state index contributed by atoms with van der Waals surface area (Å²) in [6, 6.07) is 6.46. The Morgan fingerprint density at radius 3 is 2.67 bits per heavy atom. The molecule has 0 aliphatic rings. The standard InChI is InChI=1S/C14H15N3O4/c1-20-9-3-4-12(21-2)11(6-9)17-13-10(14(18)19)5-8(15)7-16-13/h3-7H,15H2,1-2H3,(H,16,17)(H,18,19). The number of aromatic nitrogens is 1. The van der Waals surface area contributed by atoms with Crippen molar-refractivity contribution >= 4 is 23.2 Å². The fraction of sp³-hybridized carbons (Fsp3) is 0.143. The van der Waals surface area contributed by atoms with Crippen LogP contribution in [0.4, 0.5) is 17.2 Å². The lowest BCUT2D eigenvalue weighted by molar-refractivity contribution is 0.0697. The summed E-state index contributed by atoms with van der Waals surface area (Å²) in [5, 5.41) is 12.1. The lowest BCUT2D eigenvalue weighted by Crippen LogP contribution is -2.07. The third kappa shape index (κ3) is 3.14. The van der Waals surface area contributed by atoms with E-state index in [-0.39, 0.29) is 17.1 Å². The molecule has 0 saturated carbocycles. The maximum absolute atomic E-state index is 11.3. The second kappa shape index (κ2) is 6.00. The maximum atomic E-state index is 11.3. The molecule has 110 valence electrons. The van der Waals surface area contributed by atoms with E-state index in [0.29, 0.717) is 17.2 Å². The van der Waals surface area contributed by atoms with Crippen LogP contribution in [-0.2, 0) is 0 Å². The topological polar surface area (TPSA) is 107 Å². The van der Waals surface area contributed by atoms with E-state index in [1.807, 2.05) is 0 Å². The second-order valence-electron chi connectivity index (χ2n) is 4.16. The van der Waals surface area contributed by atoms with E-state index in [0.717, 1.165) is 0 Å². The molecule has 0 amide bonds. The Morgan fingerprint density at radius 1 is 1.29 bits per heavy atom. The maximum Gasteiger partial charge on any atom is 0.339 e. The fourth-order valence-electron chi connectivity index (χ4n) is 1.78. The van der Waals surface area contributed by atoms with Crippen LogP contribution in [0.3, 0.4) is 0 Å². The molecule has 1 aromatic heterocycles. The highest BCUT2D eigenvalue weighted by molar-refractivity contribution is 5.95. The number of carbonyl (C=O) groups is 1. The van der Waals surface area contributed by atoms with Gasteiger partial charge < -0.3 is 25.6 Å². The van der Waals surface area contributed by atoms with Gasteiger partial charge >= 0.3 is 5.97 Å². The van der Waals surface area contributed by atoms with Crippen LogP contribution in [0.2, 0.25) is 0 Å². The van der Waals surface area contributed by atoms with Crippen molar-refractivity contribution in [2.45, 2.75) is 0 Å². The quantitative estimate of drug-likeness (QED) is 0.773. The molecule has 21 heavy (non-hydrogen) atoms. The molecule has 0 saturated heterocycles. The summed E-state index contributed by atoms with van der Waals surface area (Å²) >= 11 is 0. The summed E-state index contributed by atoms with van der Waals surface area (Å²) in [6.07, 6.45) is 1.38. The van der Waals surface area contributed by atoms with Crippen LogP contribution in [0.15, 0.2) is 30.5 Å². The third-order valence-electron chi connectivity index (χ3n) is 2.80. The van der Waals surface area contributed by atoms with Gasteiger partial charge in [0.1, 0.15) is 22.9 Å². The summed E-state index contributed by atoms with van der Waals surface area (Å²) in [5.74, 6) is 0.179. The van der Waals surface area contributed by atoms with E-state index in [2.05, 4.69) is 10.3 Å². The predicted octanol–water partition coefficient (Wildman–Crippen LogP) is 2.12. The summed E-state index contributed by atoms with van der Waals surface area (Å²) in [4.78, 5) is 15.3. The minimum Gasteiger partial charge on any atom is -0.497 e. The van der Waals surface area contributed by atoms with Gasteiger partial charge in [-0.1, -0.05) is 0 Å². The SMILES string of the molecule is COc1ccc(OC)c(Nc2ncc(N)cc2C(=O)O)c1. The van der Waals surface area contributed by atoms with Crippen LogP contribution in [0.5, 0.6) is 11.5 Å². The third-order valence-corrected chi connectivity index (χ3v) is 2.80. The zero-order valence-electron chi connectivity index (χ0n) is 11.6. The van der Waals surface area contributed by atoms with Crippen LogP contribution in [-0.4, -0.2) is 30.3 Å². The van der Waals surface area contributed by atoms with Gasteiger partial charge in [-0.15, -0.1) is 0 Å². The Labute approximate surface area is 121 Å². The number of nitrogen functional groups attached to an aromatic ring is 1. The molecular formula is C14H15N3O4. The molecule has 2 rings (SSSR count). The first-order chi connectivity index (χ1) is 10.0. The van der Waals surface area contributed by atoms with E-state index < -0.39 is 5.97 Å². The lowest BCUT2D eigenvalue weighted by Gasteiger charge is -2.13. The zero-order valence-corrected chi connectivity index (χ0v) is 11.6. The van der Waals surface area contributed by atoms with Crippen LogP contribution >= 0.6 is 0 Å². The van der Waals surface area contributed by atoms with Crippen molar-refractivity contribution < 1.29 is 19.4 Å². The number of rotatable bonds is 5. The molecule has 7 nitrogen and oxygen atoms in total. The zero-order chi connectivity index (χ0) is 15.4. The molecule has 0 aliphatic carbocycles. The predicted molar refractivity (Wildman–Crippen MR) is 78.4 cm³/mol. The van der Waals surface area contributed by atoms with Crippen molar-refractivity contribution in [2.24, 2.45) is 0 Å². The largest absolute Gasteiger partial charge is 0.497 e. The first kappa shape index (κ1) is 14.4. The molecule has 2 aromatic rings. The number of nitrogens with one attached hydrogen (secondary N) is 1.